The first-order valence-electron chi connectivity index (χ1n) is 6.36. The Hall–Kier alpha value is -1.79. The first-order chi connectivity index (χ1) is 9.36. The Morgan fingerprint density at radius 1 is 1.50 bits per heavy atom. The highest BCUT2D eigenvalue weighted by Gasteiger charge is 2.32. The molecular formula is C13H15F3N2O2. The number of aromatic nitrogens is 1. The van der Waals surface area contributed by atoms with Crippen LogP contribution in [-0.2, 0) is 11.0 Å². The molecule has 20 heavy (non-hydrogen) atoms. The fraction of sp³-hybridized carbons (Fsp3) is 0.538. The number of pyridine rings is 1. The van der Waals surface area contributed by atoms with Gasteiger partial charge in [-0.05, 0) is 30.9 Å². The molecule has 1 saturated heterocycles. The van der Waals surface area contributed by atoms with Gasteiger partial charge in [-0.1, -0.05) is 0 Å². The van der Waals surface area contributed by atoms with Crippen molar-refractivity contribution in [1.82, 2.24) is 4.98 Å². The van der Waals surface area contributed by atoms with Crippen molar-refractivity contribution < 1.29 is 23.1 Å². The lowest BCUT2D eigenvalue weighted by Crippen LogP contribution is -2.21. The normalized spacial score (nSPS) is 19.4. The monoisotopic (exact) mass is 288 g/mol. The number of anilines is 1. The number of halogens is 3. The highest BCUT2D eigenvalue weighted by Crippen LogP contribution is 2.32. The molecule has 4 nitrogen and oxygen atoms in total. The van der Waals surface area contributed by atoms with Gasteiger partial charge >= 0.3 is 12.1 Å². The molecule has 7 heteroatoms. The maximum atomic E-state index is 12.6. The van der Waals surface area contributed by atoms with Crippen molar-refractivity contribution >= 4 is 11.8 Å². The minimum Gasteiger partial charge on any atom is -0.481 e. The van der Waals surface area contributed by atoms with Gasteiger partial charge in [0.2, 0.25) is 0 Å². The molecule has 0 aromatic carbocycles. The third-order valence-corrected chi connectivity index (χ3v) is 3.45. The van der Waals surface area contributed by atoms with E-state index < -0.39 is 17.7 Å². The van der Waals surface area contributed by atoms with Gasteiger partial charge in [-0.2, -0.15) is 13.2 Å². The van der Waals surface area contributed by atoms with Gasteiger partial charge in [0.15, 0.2) is 0 Å². The van der Waals surface area contributed by atoms with E-state index in [4.69, 9.17) is 5.11 Å². The molecule has 0 saturated carbocycles. The molecular weight excluding hydrogens is 273 g/mol. The molecule has 0 radical (unpaired) electrons. The summed E-state index contributed by atoms with van der Waals surface area (Å²) in [5.74, 6) is -0.347. The van der Waals surface area contributed by atoms with Crippen LogP contribution in [0.25, 0.3) is 0 Å². The van der Waals surface area contributed by atoms with Gasteiger partial charge in [-0.3, -0.25) is 4.79 Å². The summed E-state index contributed by atoms with van der Waals surface area (Å²) in [6.45, 7) is 1.17. The maximum absolute atomic E-state index is 12.6. The molecule has 1 unspecified atom stereocenters. The van der Waals surface area contributed by atoms with Gasteiger partial charge in [0, 0.05) is 25.7 Å². The van der Waals surface area contributed by atoms with Crippen LogP contribution in [0.4, 0.5) is 19.0 Å². The van der Waals surface area contributed by atoms with E-state index >= 15 is 0 Å². The van der Waals surface area contributed by atoms with Gasteiger partial charge in [0.05, 0.1) is 5.56 Å². The van der Waals surface area contributed by atoms with E-state index in [0.29, 0.717) is 25.3 Å². The predicted molar refractivity (Wildman–Crippen MR) is 66.4 cm³/mol. The summed E-state index contributed by atoms with van der Waals surface area (Å²) in [4.78, 5) is 16.3. The van der Waals surface area contributed by atoms with Crippen molar-refractivity contribution in [3.63, 3.8) is 0 Å². The van der Waals surface area contributed by atoms with E-state index in [2.05, 4.69) is 4.98 Å². The summed E-state index contributed by atoms with van der Waals surface area (Å²) < 4.78 is 37.9. The SMILES string of the molecule is O=C(O)CCC1CCN(c2cc(C(F)(F)F)ccn2)C1. The molecule has 0 amide bonds. The number of carboxylic acids is 1. The minimum absolute atomic E-state index is 0.0918. The van der Waals surface area contributed by atoms with Crippen LogP contribution in [0.5, 0.6) is 0 Å². The third kappa shape index (κ3) is 3.61. The summed E-state index contributed by atoms with van der Waals surface area (Å²) in [5, 5.41) is 8.63. The van der Waals surface area contributed by atoms with E-state index in [1.807, 2.05) is 0 Å². The second-order valence-electron chi connectivity index (χ2n) is 4.93. The summed E-state index contributed by atoms with van der Waals surface area (Å²) in [6.07, 6.45) is -1.80. The Morgan fingerprint density at radius 2 is 2.25 bits per heavy atom. The lowest BCUT2D eigenvalue weighted by atomic mass is 10.0. The predicted octanol–water partition coefficient (Wildman–Crippen LogP) is 2.79. The molecule has 110 valence electrons. The number of hydrogen-bond donors (Lipinski definition) is 1. The largest absolute Gasteiger partial charge is 0.481 e. The standard InChI is InChI=1S/C13H15F3N2O2/c14-13(15,16)10-3-5-17-11(7-10)18-6-4-9(8-18)1-2-12(19)20/h3,5,7,9H,1-2,4,6,8H2,(H,19,20). The number of alkyl halides is 3. The molecule has 1 aromatic rings. The Bertz CT molecular complexity index is 491. The second kappa shape index (κ2) is 5.68. The fourth-order valence-electron chi connectivity index (χ4n) is 2.37. The van der Waals surface area contributed by atoms with Crippen LogP contribution in [0.3, 0.4) is 0 Å². The van der Waals surface area contributed by atoms with E-state index in [0.717, 1.165) is 24.8 Å². The van der Waals surface area contributed by atoms with Gasteiger partial charge in [0.25, 0.3) is 0 Å². The molecule has 0 spiro atoms. The average Bonchev–Trinajstić information content (AvgIpc) is 2.84. The number of nitrogens with zero attached hydrogens (tertiary/aromatic N) is 2. The van der Waals surface area contributed by atoms with Gasteiger partial charge < -0.3 is 10.0 Å². The van der Waals surface area contributed by atoms with E-state index in [1.54, 1.807) is 4.90 Å². The Morgan fingerprint density at radius 3 is 2.90 bits per heavy atom. The highest BCUT2D eigenvalue weighted by atomic mass is 19.4. The van der Waals surface area contributed by atoms with Crippen molar-refractivity contribution in [2.45, 2.75) is 25.4 Å². The summed E-state index contributed by atoms with van der Waals surface area (Å²) in [7, 11) is 0. The maximum Gasteiger partial charge on any atom is 0.416 e. The molecule has 1 aliphatic heterocycles. The van der Waals surface area contributed by atoms with Crippen LogP contribution in [-0.4, -0.2) is 29.1 Å². The highest BCUT2D eigenvalue weighted by molar-refractivity contribution is 5.66. The number of hydrogen-bond acceptors (Lipinski definition) is 3. The van der Waals surface area contributed by atoms with Crippen molar-refractivity contribution in [2.24, 2.45) is 5.92 Å². The first kappa shape index (κ1) is 14.6. The smallest absolute Gasteiger partial charge is 0.416 e. The Balaban J connectivity index is 2.01. The Kier molecular flexibility index (Phi) is 4.15. The third-order valence-electron chi connectivity index (χ3n) is 3.45. The summed E-state index contributed by atoms with van der Waals surface area (Å²) in [6, 6.07) is 1.99. The Labute approximate surface area is 114 Å². The lowest BCUT2D eigenvalue weighted by Gasteiger charge is -2.18. The molecule has 1 fully saturated rings. The van der Waals surface area contributed by atoms with Crippen LogP contribution in [0, 0.1) is 5.92 Å². The molecule has 1 atom stereocenters. The van der Waals surface area contributed by atoms with Crippen molar-refractivity contribution in [1.29, 1.82) is 0 Å². The zero-order chi connectivity index (χ0) is 14.8. The zero-order valence-electron chi connectivity index (χ0n) is 10.7. The molecule has 2 rings (SSSR count). The molecule has 1 N–H and O–H groups in total. The number of aliphatic carboxylic acids is 1. The van der Waals surface area contributed by atoms with Crippen LogP contribution < -0.4 is 4.90 Å². The van der Waals surface area contributed by atoms with Crippen LogP contribution in [0.2, 0.25) is 0 Å². The number of carbonyl (C=O) groups is 1. The summed E-state index contributed by atoms with van der Waals surface area (Å²) >= 11 is 0. The first-order valence-corrected chi connectivity index (χ1v) is 6.36. The van der Waals surface area contributed by atoms with Crippen LogP contribution in [0.1, 0.15) is 24.8 Å². The van der Waals surface area contributed by atoms with Crippen LogP contribution >= 0.6 is 0 Å². The molecule has 0 aliphatic carbocycles. The zero-order valence-corrected chi connectivity index (χ0v) is 10.7. The lowest BCUT2D eigenvalue weighted by molar-refractivity contribution is -0.138. The van der Waals surface area contributed by atoms with Crippen molar-refractivity contribution in [3.8, 4) is 0 Å². The molecule has 0 bridgehead atoms. The number of carboxylic acid groups (broad SMARTS) is 1. The van der Waals surface area contributed by atoms with Gasteiger partial charge in [-0.15, -0.1) is 0 Å². The van der Waals surface area contributed by atoms with Crippen molar-refractivity contribution in [2.75, 3.05) is 18.0 Å². The topological polar surface area (TPSA) is 53.4 Å². The van der Waals surface area contributed by atoms with E-state index in [-0.39, 0.29) is 12.3 Å². The fourth-order valence-corrected chi connectivity index (χ4v) is 2.37. The quantitative estimate of drug-likeness (QED) is 0.925. The number of rotatable bonds is 4. The average molecular weight is 288 g/mol. The van der Waals surface area contributed by atoms with Gasteiger partial charge in [0.1, 0.15) is 5.82 Å². The molecule has 1 aliphatic rings. The molecule has 1 aromatic heterocycles. The minimum atomic E-state index is -4.37. The summed E-state index contributed by atoms with van der Waals surface area (Å²) in [5.41, 5.74) is -0.712. The van der Waals surface area contributed by atoms with Crippen LogP contribution in [0.15, 0.2) is 18.3 Å². The van der Waals surface area contributed by atoms with E-state index in [1.165, 1.54) is 0 Å². The second-order valence-corrected chi connectivity index (χ2v) is 4.93. The van der Waals surface area contributed by atoms with Gasteiger partial charge in [-0.25, -0.2) is 4.98 Å². The van der Waals surface area contributed by atoms with E-state index in [9.17, 15) is 18.0 Å². The van der Waals surface area contributed by atoms with Crippen molar-refractivity contribution in [3.05, 3.63) is 23.9 Å². The molecule has 2 heterocycles.